The first kappa shape index (κ1) is 19.1. The molecule has 1 aromatic rings. The van der Waals surface area contributed by atoms with Gasteiger partial charge in [-0.1, -0.05) is 44.3 Å². The maximum Gasteiger partial charge on any atom is 0.0605 e. The van der Waals surface area contributed by atoms with Crippen molar-refractivity contribution in [3.63, 3.8) is 0 Å². The average molecular weight is 351 g/mol. The van der Waals surface area contributed by atoms with Crippen LogP contribution in [0.3, 0.4) is 0 Å². The number of likely N-dealkylation sites (tertiary alicyclic amines) is 1. The van der Waals surface area contributed by atoms with Gasteiger partial charge >= 0.3 is 0 Å². The molecular formula is C24H34N2. The number of hydrogen-bond donors (Lipinski definition) is 1. The van der Waals surface area contributed by atoms with Crippen molar-refractivity contribution in [1.29, 1.82) is 0 Å². The van der Waals surface area contributed by atoms with Crippen LogP contribution in [0.5, 0.6) is 0 Å². The zero-order valence-electron chi connectivity index (χ0n) is 16.9. The molecule has 2 heteroatoms. The fourth-order valence-corrected chi connectivity index (χ4v) is 4.54. The van der Waals surface area contributed by atoms with E-state index in [1.165, 1.54) is 73.9 Å². The van der Waals surface area contributed by atoms with Gasteiger partial charge in [0.15, 0.2) is 0 Å². The van der Waals surface area contributed by atoms with Crippen LogP contribution >= 0.6 is 0 Å². The molecule has 1 saturated heterocycles. The minimum atomic E-state index is 0.127. The van der Waals surface area contributed by atoms with Crippen molar-refractivity contribution in [3.8, 4) is 11.8 Å². The van der Waals surface area contributed by atoms with E-state index in [4.69, 9.17) is 0 Å². The first-order valence-electron chi connectivity index (χ1n) is 10.3. The highest BCUT2D eigenvalue weighted by Crippen LogP contribution is 2.49. The second-order valence-corrected chi connectivity index (χ2v) is 7.98. The molecule has 26 heavy (non-hydrogen) atoms. The quantitative estimate of drug-likeness (QED) is 0.784. The summed E-state index contributed by atoms with van der Waals surface area (Å²) in [5.74, 6) is 6.92. The largest absolute Gasteiger partial charge is 0.391 e. The van der Waals surface area contributed by atoms with Gasteiger partial charge in [0.25, 0.3) is 0 Å². The van der Waals surface area contributed by atoms with Crippen LogP contribution in [0.25, 0.3) is 0 Å². The van der Waals surface area contributed by atoms with Crippen molar-refractivity contribution >= 4 is 0 Å². The number of piperidine rings is 1. The van der Waals surface area contributed by atoms with Crippen molar-refractivity contribution < 1.29 is 0 Å². The monoisotopic (exact) mass is 350 g/mol. The third-order valence-corrected chi connectivity index (χ3v) is 6.41. The lowest BCUT2D eigenvalue weighted by Crippen LogP contribution is -2.41. The van der Waals surface area contributed by atoms with Gasteiger partial charge in [0, 0.05) is 23.7 Å². The van der Waals surface area contributed by atoms with Crippen molar-refractivity contribution in [1.82, 2.24) is 10.2 Å². The van der Waals surface area contributed by atoms with E-state index in [9.17, 15) is 0 Å². The smallest absolute Gasteiger partial charge is 0.0605 e. The lowest BCUT2D eigenvalue weighted by Gasteiger charge is -2.45. The Morgan fingerprint density at radius 2 is 1.92 bits per heavy atom. The Bertz CT molecular complexity index is 710. The van der Waals surface area contributed by atoms with Gasteiger partial charge in [0.2, 0.25) is 0 Å². The molecule has 2 nitrogen and oxygen atoms in total. The van der Waals surface area contributed by atoms with Crippen molar-refractivity contribution in [2.24, 2.45) is 0 Å². The van der Waals surface area contributed by atoms with Crippen molar-refractivity contribution in [2.75, 3.05) is 26.7 Å². The Kier molecular flexibility index (Phi) is 6.09. The molecular weight excluding hydrogens is 316 g/mol. The van der Waals surface area contributed by atoms with E-state index in [1.807, 2.05) is 7.05 Å². The predicted octanol–water partition coefficient (Wildman–Crippen LogP) is 4.55. The van der Waals surface area contributed by atoms with E-state index in [-0.39, 0.29) is 5.41 Å². The molecule has 0 amide bonds. The molecule has 1 aliphatic carbocycles. The van der Waals surface area contributed by atoms with Gasteiger partial charge in [-0.05, 0) is 74.9 Å². The Labute approximate surface area is 160 Å². The van der Waals surface area contributed by atoms with E-state index >= 15 is 0 Å². The molecule has 0 atom stereocenters. The van der Waals surface area contributed by atoms with E-state index in [0.29, 0.717) is 0 Å². The SMILES string of the molecule is C=C(NC)C1(c2cc(CC)c(C#CCN3CCCCC3)cc2C)CCC1. The molecule has 0 bridgehead atoms. The van der Waals surface area contributed by atoms with Crippen LogP contribution in [0.1, 0.15) is 67.7 Å². The molecule has 1 aromatic carbocycles. The number of aryl methyl sites for hydroxylation is 2. The topological polar surface area (TPSA) is 15.3 Å². The highest BCUT2D eigenvalue weighted by atomic mass is 15.1. The third-order valence-electron chi connectivity index (χ3n) is 6.41. The van der Waals surface area contributed by atoms with Crippen LogP contribution in [-0.4, -0.2) is 31.6 Å². The Balaban J connectivity index is 1.85. The first-order valence-corrected chi connectivity index (χ1v) is 10.3. The summed E-state index contributed by atoms with van der Waals surface area (Å²) in [7, 11) is 2.00. The summed E-state index contributed by atoms with van der Waals surface area (Å²) >= 11 is 0. The van der Waals surface area contributed by atoms with Gasteiger partial charge in [-0.25, -0.2) is 0 Å². The third kappa shape index (κ3) is 3.69. The lowest BCUT2D eigenvalue weighted by atomic mass is 9.61. The molecule has 2 fully saturated rings. The minimum Gasteiger partial charge on any atom is -0.391 e. The Morgan fingerprint density at radius 3 is 2.50 bits per heavy atom. The van der Waals surface area contributed by atoms with Crippen LogP contribution in [0.2, 0.25) is 0 Å². The first-order chi connectivity index (χ1) is 12.6. The van der Waals surface area contributed by atoms with E-state index in [2.05, 4.69) is 54.6 Å². The van der Waals surface area contributed by atoms with E-state index in [0.717, 1.165) is 18.7 Å². The van der Waals surface area contributed by atoms with Crippen LogP contribution < -0.4 is 5.32 Å². The molecule has 1 aliphatic heterocycles. The normalized spacial score (nSPS) is 19.2. The summed E-state index contributed by atoms with van der Waals surface area (Å²) in [6.07, 6.45) is 8.76. The summed E-state index contributed by atoms with van der Waals surface area (Å²) < 4.78 is 0. The molecule has 1 N–H and O–H groups in total. The van der Waals surface area contributed by atoms with Crippen molar-refractivity contribution in [2.45, 2.75) is 64.2 Å². The van der Waals surface area contributed by atoms with Crippen LogP contribution in [-0.2, 0) is 11.8 Å². The molecule has 0 unspecified atom stereocenters. The summed E-state index contributed by atoms with van der Waals surface area (Å²) in [6, 6.07) is 4.74. The van der Waals surface area contributed by atoms with Crippen LogP contribution in [0.4, 0.5) is 0 Å². The van der Waals surface area contributed by atoms with Crippen LogP contribution in [0, 0.1) is 18.8 Å². The zero-order valence-corrected chi connectivity index (χ0v) is 16.9. The molecule has 1 heterocycles. The molecule has 0 aromatic heterocycles. The maximum absolute atomic E-state index is 4.32. The number of allylic oxidation sites excluding steroid dienone is 1. The number of nitrogens with one attached hydrogen (secondary N) is 1. The van der Waals surface area contributed by atoms with Crippen LogP contribution in [0.15, 0.2) is 24.4 Å². The maximum atomic E-state index is 4.32. The second kappa shape index (κ2) is 8.31. The Hall–Kier alpha value is -1.72. The zero-order chi connectivity index (χ0) is 18.6. The summed E-state index contributed by atoms with van der Waals surface area (Å²) in [5, 5.41) is 3.33. The number of likely N-dealkylation sites (N-methyl/N-ethyl adjacent to an activating group) is 1. The minimum absolute atomic E-state index is 0.127. The second-order valence-electron chi connectivity index (χ2n) is 7.98. The van der Waals surface area contributed by atoms with Gasteiger partial charge in [-0.3, -0.25) is 4.90 Å². The van der Waals surface area contributed by atoms with Crippen molar-refractivity contribution in [3.05, 3.63) is 46.7 Å². The van der Waals surface area contributed by atoms with Gasteiger partial charge in [0.05, 0.1) is 6.54 Å². The number of benzene rings is 1. The fourth-order valence-electron chi connectivity index (χ4n) is 4.54. The van der Waals surface area contributed by atoms with Gasteiger partial charge < -0.3 is 5.32 Å². The molecule has 3 rings (SSSR count). The Morgan fingerprint density at radius 1 is 1.19 bits per heavy atom. The van der Waals surface area contributed by atoms with E-state index in [1.54, 1.807) is 0 Å². The van der Waals surface area contributed by atoms with Gasteiger partial charge in [-0.15, -0.1) is 0 Å². The summed E-state index contributed by atoms with van der Waals surface area (Å²) in [4.78, 5) is 2.49. The molecule has 140 valence electrons. The number of nitrogens with zero attached hydrogens (tertiary/aromatic N) is 1. The molecule has 1 saturated carbocycles. The molecule has 2 aliphatic rings. The number of hydrogen-bond acceptors (Lipinski definition) is 2. The lowest BCUT2D eigenvalue weighted by molar-refractivity contribution is 0.255. The molecule has 0 spiro atoms. The molecule has 0 radical (unpaired) electrons. The van der Waals surface area contributed by atoms with Gasteiger partial charge in [-0.2, -0.15) is 0 Å². The predicted molar refractivity (Wildman–Crippen MR) is 111 cm³/mol. The fraction of sp³-hybridized carbons (Fsp3) is 0.583. The average Bonchev–Trinajstić information content (AvgIpc) is 2.63. The highest BCUT2D eigenvalue weighted by Gasteiger charge is 2.42. The van der Waals surface area contributed by atoms with E-state index < -0.39 is 0 Å². The number of rotatable bonds is 5. The summed E-state index contributed by atoms with van der Waals surface area (Å²) in [5.41, 5.74) is 6.71. The summed E-state index contributed by atoms with van der Waals surface area (Å²) in [6.45, 7) is 12.1. The standard InChI is InChI=1S/C24H34N2/c1-5-21-18-23(24(12-10-13-24)20(3)25-4)19(2)17-22(21)11-9-16-26-14-7-6-8-15-26/h17-18,25H,3,5-8,10,12-16H2,1-2,4H3. The highest BCUT2D eigenvalue weighted by molar-refractivity contribution is 5.52. The van der Waals surface area contributed by atoms with Gasteiger partial charge in [0.1, 0.15) is 0 Å².